The highest BCUT2D eigenvalue weighted by molar-refractivity contribution is 8.00. The highest BCUT2D eigenvalue weighted by Crippen LogP contribution is 2.35. The number of halogens is 1. The van der Waals surface area contributed by atoms with Gasteiger partial charge in [0.1, 0.15) is 23.4 Å². The molecule has 180 valence electrons. The van der Waals surface area contributed by atoms with Crippen LogP contribution in [0.25, 0.3) is 0 Å². The second kappa shape index (κ2) is 11.1. The number of carbonyl (C=O) groups excluding carboxylic acids is 1. The van der Waals surface area contributed by atoms with E-state index in [1.165, 1.54) is 46.3 Å². The Labute approximate surface area is 207 Å². The van der Waals surface area contributed by atoms with Crippen molar-refractivity contribution >= 4 is 23.4 Å². The van der Waals surface area contributed by atoms with Crippen molar-refractivity contribution in [3.63, 3.8) is 0 Å². The molecular weight excluding hydrogens is 465 g/mol. The predicted molar refractivity (Wildman–Crippen MR) is 135 cm³/mol. The maximum Gasteiger partial charge on any atom is 0.242 e. The van der Waals surface area contributed by atoms with Gasteiger partial charge in [0.2, 0.25) is 11.1 Å². The fourth-order valence-corrected chi connectivity index (χ4v) is 4.31. The third kappa shape index (κ3) is 6.19. The molecule has 0 bridgehead atoms. The summed E-state index contributed by atoms with van der Waals surface area (Å²) in [5.74, 6) is 7.14. The van der Waals surface area contributed by atoms with Crippen LogP contribution in [0.4, 0.5) is 10.1 Å². The fraction of sp³-hybridized carbons (Fsp3) is 0.192. The van der Waals surface area contributed by atoms with E-state index in [2.05, 4.69) is 29.4 Å². The number of nitrogens with one attached hydrogen (secondary N) is 1. The van der Waals surface area contributed by atoms with Crippen LogP contribution in [0.2, 0.25) is 0 Å². The highest BCUT2D eigenvalue weighted by atomic mass is 32.2. The third-order valence-corrected chi connectivity index (χ3v) is 6.54. The van der Waals surface area contributed by atoms with E-state index in [4.69, 9.17) is 10.6 Å². The molecule has 7 nitrogen and oxygen atoms in total. The Morgan fingerprint density at radius 2 is 1.69 bits per heavy atom. The molecular formula is C26H26FN5O2S. The van der Waals surface area contributed by atoms with E-state index in [0.29, 0.717) is 28.3 Å². The molecule has 4 rings (SSSR count). The van der Waals surface area contributed by atoms with Crippen LogP contribution in [0.3, 0.4) is 0 Å². The van der Waals surface area contributed by atoms with Crippen LogP contribution in [0, 0.1) is 5.82 Å². The van der Waals surface area contributed by atoms with E-state index < -0.39 is 5.25 Å². The number of amides is 1. The third-order valence-electron chi connectivity index (χ3n) is 5.33. The zero-order valence-corrected chi connectivity index (χ0v) is 20.2. The number of nitrogens with zero attached hydrogens (tertiary/aromatic N) is 3. The molecule has 1 atom stereocenters. The minimum absolute atomic E-state index is 0.128. The quantitative estimate of drug-likeness (QED) is 0.244. The van der Waals surface area contributed by atoms with Gasteiger partial charge in [0.15, 0.2) is 5.82 Å². The summed E-state index contributed by atoms with van der Waals surface area (Å²) in [6, 6.07) is 22.8. The molecule has 1 unspecified atom stereocenters. The number of ether oxygens (including phenoxy) is 1. The molecule has 0 saturated heterocycles. The molecule has 0 fully saturated rings. The van der Waals surface area contributed by atoms with Crippen molar-refractivity contribution in [1.29, 1.82) is 0 Å². The molecule has 0 aliphatic heterocycles. The van der Waals surface area contributed by atoms with Crippen LogP contribution in [-0.4, -0.2) is 20.8 Å². The Morgan fingerprint density at radius 3 is 2.34 bits per heavy atom. The standard InChI is InChI=1S/C26H26FN5O2S/c1-17(2)18-8-14-22(15-9-18)34-16-23-30-31-26(32(23)28)35-24(19-6-4-3-5-7-19)25(33)29-21-12-10-20(27)11-13-21/h3-15,17,24H,16,28H2,1-2H3,(H,29,33). The fourth-order valence-electron chi connectivity index (χ4n) is 3.33. The topological polar surface area (TPSA) is 95.1 Å². The normalized spacial score (nSPS) is 11.9. The molecule has 0 aliphatic carbocycles. The van der Waals surface area contributed by atoms with Crippen molar-refractivity contribution in [1.82, 2.24) is 14.9 Å². The van der Waals surface area contributed by atoms with Crippen molar-refractivity contribution in [2.45, 2.75) is 36.8 Å². The minimum Gasteiger partial charge on any atom is -0.486 e. The SMILES string of the molecule is CC(C)c1ccc(OCc2nnc(SC(C(=O)Nc3ccc(F)cc3)c3ccccc3)n2N)cc1. The number of thioether (sulfide) groups is 1. The number of anilines is 1. The van der Waals surface area contributed by atoms with Crippen LogP contribution < -0.4 is 15.9 Å². The summed E-state index contributed by atoms with van der Waals surface area (Å²) in [4.78, 5) is 13.2. The molecule has 1 aromatic heterocycles. The molecule has 9 heteroatoms. The van der Waals surface area contributed by atoms with Crippen molar-refractivity contribution in [2.75, 3.05) is 11.2 Å². The van der Waals surface area contributed by atoms with Gasteiger partial charge in [0.25, 0.3) is 0 Å². The molecule has 0 spiro atoms. The van der Waals surface area contributed by atoms with Crippen LogP contribution in [0.5, 0.6) is 5.75 Å². The van der Waals surface area contributed by atoms with Crippen LogP contribution in [0.15, 0.2) is 84.0 Å². The Balaban J connectivity index is 1.48. The highest BCUT2D eigenvalue weighted by Gasteiger charge is 2.25. The second-order valence-electron chi connectivity index (χ2n) is 8.19. The van der Waals surface area contributed by atoms with E-state index in [0.717, 1.165) is 5.56 Å². The van der Waals surface area contributed by atoms with Gasteiger partial charge in [-0.1, -0.05) is 68.1 Å². The lowest BCUT2D eigenvalue weighted by Crippen LogP contribution is -2.21. The molecule has 4 aromatic rings. The van der Waals surface area contributed by atoms with E-state index in [9.17, 15) is 9.18 Å². The van der Waals surface area contributed by atoms with Crippen molar-refractivity contribution < 1.29 is 13.9 Å². The molecule has 1 heterocycles. The Bertz CT molecular complexity index is 1260. The van der Waals surface area contributed by atoms with E-state index in [-0.39, 0.29) is 18.3 Å². The smallest absolute Gasteiger partial charge is 0.242 e. The van der Waals surface area contributed by atoms with E-state index >= 15 is 0 Å². The van der Waals surface area contributed by atoms with Gasteiger partial charge in [-0.15, -0.1) is 10.2 Å². The zero-order chi connectivity index (χ0) is 24.8. The Hall–Kier alpha value is -3.85. The number of nitrogen functional groups attached to an aromatic ring is 1. The maximum absolute atomic E-state index is 13.2. The summed E-state index contributed by atoms with van der Waals surface area (Å²) in [5, 5.41) is 10.8. The first kappa shape index (κ1) is 24.3. The largest absolute Gasteiger partial charge is 0.486 e. The minimum atomic E-state index is -0.662. The maximum atomic E-state index is 13.2. The number of carbonyl (C=O) groups is 1. The summed E-state index contributed by atoms with van der Waals surface area (Å²) < 4.78 is 20.4. The molecule has 0 radical (unpaired) electrons. The van der Waals surface area contributed by atoms with Gasteiger partial charge in [0, 0.05) is 5.69 Å². The van der Waals surface area contributed by atoms with Gasteiger partial charge in [-0.25, -0.2) is 9.07 Å². The number of hydrogen-bond acceptors (Lipinski definition) is 6. The first-order chi connectivity index (χ1) is 16.9. The number of benzene rings is 3. The molecule has 0 saturated carbocycles. The number of nitrogens with two attached hydrogens (primary N) is 1. The lowest BCUT2D eigenvalue weighted by molar-refractivity contribution is -0.115. The Kier molecular flexibility index (Phi) is 7.67. The molecule has 35 heavy (non-hydrogen) atoms. The molecule has 0 aliphatic rings. The molecule has 3 aromatic carbocycles. The average Bonchev–Trinajstić information content (AvgIpc) is 3.22. The number of aromatic nitrogens is 3. The zero-order valence-electron chi connectivity index (χ0n) is 19.4. The van der Waals surface area contributed by atoms with Gasteiger partial charge in [-0.3, -0.25) is 4.79 Å². The van der Waals surface area contributed by atoms with Crippen LogP contribution in [-0.2, 0) is 11.4 Å². The van der Waals surface area contributed by atoms with Crippen molar-refractivity contribution in [3.05, 3.63) is 102 Å². The molecule has 3 N–H and O–H groups in total. The predicted octanol–water partition coefficient (Wildman–Crippen LogP) is 5.31. The number of rotatable bonds is 9. The van der Waals surface area contributed by atoms with Gasteiger partial charge in [-0.05, 0) is 53.4 Å². The first-order valence-corrected chi connectivity index (χ1v) is 12.0. The summed E-state index contributed by atoms with van der Waals surface area (Å²) in [6.07, 6.45) is 0. The van der Waals surface area contributed by atoms with Crippen LogP contribution in [0.1, 0.15) is 42.0 Å². The average molecular weight is 492 g/mol. The van der Waals surface area contributed by atoms with Crippen molar-refractivity contribution in [3.8, 4) is 5.75 Å². The summed E-state index contributed by atoms with van der Waals surface area (Å²) in [7, 11) is 0. The van der Waals surface area contributed by atoms with E-state index in [1.54, 1.807) is 0 Å². The second-order valence-corrected chi connectivity index (χ2v) is 9.26. The van der Waals surface area contributed by atoms with Crippen molar-refractivity contribution in [2.24, 2.45) is 0 Å². The van der Waals surface area contributed by atoms with E-state index in [1.807, 2.05) is 54.6 Å². The lowest BCUT2D eigenvalue weighted by atomic mass is 10.0. The van der Waals surface area contributed by atoms with Crippen LogP contribution >= 0.6 is 11.8 Å². The number of hydrogen-bond donors (Lipinski definition) is 2. The summed E-state index contributed by atoms with van der Waals surface area (Å²) in [6.45, 7) is 4.39. The molecule has 1 amide bonds. The lowest BCUT2D eigenvalue weighted by Gasteiger charge is -2.16. The van der Waals surface area contributed by atoms with Gasteiger partial charge < -0.3 is 15.9 Å². The van der Waals surface area contributed by atoms with Gasteiger partial charge in [-0.2, -0.15) is 0 Å². The summed E-state index contributed by atoms with van der Waals surface area (Å²) in [5.41, 5.74) is 2.48. The summed E-state index contributed by atoms with van der Waals surface area (Å²) >= 11 is 1.17. The van der Waals surface area contributed by atoms with Gasteiger partial charge >= 0.3 is 0 Å². The Morgan fingerprint density at radius 1 is 1.00 bits per heavy atom. The first-order valence-electron chi connectivity index (χ1n) is 11.1. The van der Waals surface area contributed by atoms with Gasteiger partial charge in [0.05, 0.1) is 0 Å². The monoisotopic (exact) mass is 491 g/mol.